The summed E-state index contributed by atoms with van der Waals surface area (Å²) in [6, 6.07) is 1.33. The Bertz CT molecular complexity index is 501. The third kappa shape index (κ3) is 3.18. The number of rotatable bonds is 2. The lowest BCUT2D eigenvalue weighted by molar-refractivity contribution is -0.138. The van der Waals surface area contributed by atoms with Crippen LogP contribution in [0.15, 0.2) is 12.1 Å². The van der Waals surface area contributed by atoms with E-state index in [1.165, 1.54) is 0 Å². The largest absolute Gasteiger partial charge is 0.495 e. The molecular formula is C11H8F6O2. The Kier molecular flexibility index (Phi) is 3.83. The molecule has 1 rings (SSSR count). The molecule has 0 heterocycles. The van der Waals surface area contributed by atoms with Crippen LogP contribution in [0.5, 0.6) is 5.75 Å². The van der Waals surface area contributed by atoms with Gasteiger partial charge in [0.05, 0.1) is 18.2 Å². The van der Waals surface area contributed by atoms with Crippen LogP contribution in [0.1, 0.15) is 21.5 Å². The fourth-order valence-electron chi connectivity index (χ4n) is 1.53. The molecule has 0 aliphatic rings. The molecule has 0 N–H and O–H groups in total. The van der Waals surface area contributed by atoms with E-state index < -0.39 is 35.0 Å². The van der Waals surface area contributed by atoms with Crippen LogP contribution < -0.4 is 4.74 Å². The number of ketones is 1. The van der Waals surface area contributed by atoms with Crippen LogP contribution in [0.2, 0.25) is 0 Å². The monoisotopic (exact) mass is 286 g/mol. The number of aryl methyl sites for hydroxylation is 1. The molecule has 0 aliphatic heterocycles. The SMILES string of the molecule is COc1c(C(=O)C(F)(F)F)cc(C)cc1C(F)(F)F. The van der Waals surface area contributed by atoms with Gasteiger partial charge in [-0.25, -0.2) is 0 Å². The minimum absolute atomic E-state index is 0.124. The van der Waals surface area contributed by atoms with Crippen LogP contribution in [0, 0.1) is 6.92 Å². The fourth-order valence-corrected chi connectivity index (χ4v) is 1.53. The maximum Gasteiger partial charge on any atom is 0.455 e. The molecule has 0 saturated carbocycles. The van der Waals surface area contributed by atoms with Crippen LogP contribution >= 0.6 is 0 Å². The Morgan fingerprint density at radius 3 is 2.00 bits per heavy atom. The summed E-state index contributed by atoms with van der Waals surface area (Å²) in [5.74, 6) is -3.50. The van der Waals surface area contributed by atoms with E-state index in [-0.39, 0.29) is 5.56 Å². The predicted octanol–water partition coefficient (Wildman–Crippen LogP) is 3.77. The Morgan fingerprint density at radius 2 is 1.63 bits per heavy atom. The molecular weight excluding hydrogens is 278 g/mol. The van der Waals surface area contributed by atoms with Crippen molar-refractivity contribution in [2.75, 3.05) is 7.11 Å². The first kappa shape index (κ1) is 15.3. The zero-order valence-corrected chi connectivity index (χ0v) is 9.74. The Labute approximate surface area is 104 Å². The van der Waals surface area contributed by atoms with Gasteiger partial charge in [-0.2, -0.15) is 26.3 Å². The Balaban J connectivity index is 3.58. The molecule has 0 aliphatic carbocycles. The van der Waals surface area contributed by atoms with Crippen molar-refractivity contribution in [3.63, 3.8) is 0 Å². The number of alkyl halides is 6. The average molecular weight is 286 g/mol. The third-order valence-corrected chi connectivity index (χ3v) is 2.24. The second kappa shape index (κ2) is 4.75. The average Bonchev–Trinajstić information content (AvgIpc) is 2.24. The summed E-state index contributed by atoms with van der Waals surface area (Å²) in [6.07, 6.45) is -10.2. The highest BCUT2D eigenvalue weighted by atomic mass is 19.4. The molecule has 2 nitrogen and oxygen atoms in total. The summed E-state index contributed by atoms with van der Waals surface area (Å²) in [5.41, 5.74) is -2.69. The molecule has 106 valence electrons. The molecule has 19 heavy (non-hydrogen) atoms. The second-order valence-electron chi connectivity index (χ2n) is 3.72. The number of carbonyl (C=O) groups excluding carboxylic acids is 1. The molecule has 0 aromatic heterocycles. The van der Waals surface area contributed by atoms with Crippen molar-refractivity contribution in [3.8, 4) is 5.75 Å². The summed E-state index contributed by atoms with van der Waals surface area (Å²) >= 11 is 0. The first-order chi connectivity index (χ1) is 8.48. The van der Waals surface area contributed by atoms with E-state index in [9.17, 15) is 31.1 Å². The third-order valence-electron chi connectivity index (χ3n) is 2.24. The van der Waals surface area contributed by atoms with Crippen molar-refractivity contribution in [1.29, 1.82) is 0 Å². The molecule has 0 unspecified atom stereocenters. The molecule has 0 radical (unpaired) electrons. The van der Waals surface area contributed by atoms with Crippen molar-refractivity contribution in [2.45, 2.75) is 19.3 Å². The van der Waals surface area contributed by atoms with E-state index in [2.05, 4.69) is 4.74 Å². The van der Waals surface area contributed by atoms with Crippen LogP contribution in [0.4, 0.5) is 26.3 Å². The van der Waals surface area contributed by atoms with Gasteiger partial charge >= 0.3 is 12.4 Å². The van der Waals surface area contributed by atoms with E-state index in [1.807, 2.05) is 0 Å². The summed E-state index contributed by atoms with van der Waals surface area (Å²) in [4.78, 5) is 11.1. The number of ether oxygens (including phenoxy) is 1. The second-order valence-corrected chi connectivity index (χ2v) is 3.72. The number of Topliss-reactive ketones (excluding diaryl/α,β-unsaturated/α-hetero) is 1. The van der Waals surface area contributed by atoms with Crippen molar-refractivity contribution in [1.82, 2.24) is 0 Å². The molecule has 0 atom stereocenters. The van der Waals surface area contributed by atoms with Gasteiger partial charge in [-0.05, 0) is 24.6 Å². The number of benzene rings is 1. The zero-order valence-electron chi connectivity index (χ0n) is 9.74. The topological polar surface area (TPSA) is 26.3 Å². The number of methoxy groups -OCH3 is 1. The standard InChI is InChI=1S/C11H8F6O2/c1-5-3-6(9(18)11(15,16)17)8(19-2)7(4-5)10(12,13)14/h3-4H,1-2H3. The summed E-state index contributed by atoms with van der Waals surface area (Å²) in [6.45, 7) is 1.15. The molecule has 0 fully saturated rings. The molecule has 0 spiro atoms. The summed E-state index contributed by atoms with van der Waals surface area (Å²) in [5, 5.41) is 0. The first-order valence-corrected chi connectivity index (χ1v) is 4.86. The predicted molar refractivity (Wildman–Crippen MR) is 53.1 cm³/mol. The van der Waals surface area contributed by atoms with Crippen molar-refractivity contribution in [3.05, 3.63) is 28.8 Å². The van der Waals surface area contributed by atoms with E-state index >= 15 is 0 Å². The highest BCUT2D eigenvalue weighted by molar-refractivity contribution is 6.03. The van der Waals surface area contributed by atoms with Gasteiger partial charge in [0.1, 0.15) is 5.75 Å². The van der Waals surface area contributed by atoms with Gasteiger partial charge < -0.3 is 4.74 Å². The van der Waals surface area contributed by atoms with Crippen LogP contribution in [0.25, 0.3) is 0 Å². The highest BCUT2D eigenvalue weighted by Gasteiger charge is 2.44. The quantitative estimate of drug-likeness (QED) is 0.611. The fraction of sp³-hybridized carbons (Fsp3) is 0.364. The lowest BCUT2D eigenvalue weighted by Gasteiger charge is -2.17. The maximum atomic E-state index is 12.7. The Morgan fingerprint density at radius 1 is 1.11 bits per heavy atom. The Hall–Kier alpha value is -1.73. The van der Waals surface area contributed by atoms with Crippen LogP contribution in [0.3, 0.4) is 0 Å². The van der Waals surface area contributed by atoms with E-state index in [0.717, 1.165) is 14.0 Å². The molecule has 0 bridgehead atoms. The highest BCUT2D eigenvalue weighted by Crippen LogP contribution is 2.40. The smallest absolute Gasteiger partial charge is 0.455 e. The van der Waals surface area contributed by atoms with Crippen LogP contribution in [-0.2, 0) is 6.18 Å². The van der Waals surface area contributed by atoms with Gasteiger partial charge in [-0.3, -0.25) is 4.79 Å². The first-order valence-electron chi connectivity index (χ1n) is 4.86. The number of hydrogen-bond donors (Lipinski definition) is 0. The zero-order chi connectivity index (χ0) is 15.0. The van der Waals surface area contributed by atoms with E-state index in [4.69, 9.17) is 0 Å². The molecule has 1 aromatic carbocycles. The summed E-state index contributed by atoms with van der Waals surface area (Å²) < 4.78 is 79.4. The van der Waals surface area contributed by atoms with Gasteiger partial charge in [0.2, 0.25) is 0 Å². The molecule has 0 saturated heterocycles. The van der Waals surface area contributed by atoms with Crippen LogP contribution in [-0.4, -0.2) is 19.1 Å². The molecule has 1 aromatic rings. The normalized spacial score (nSPS) is 12.4. The minimum Gasteiger partial charge on any atom is -0.495 e. The lowest BCUT2D eigenvalue weighted by atomic mass is 10.0. The van der Waals surface area contributed by atoms with Crippen molar-refractivity contribution >= 4 is 5.78 Å². The minimum atomic E-state index is -5.27. The number of halogens is 6. The lowest BCUT2D eigenvalue weighted by Crippen LogP contribution is -2.24. The maximum absolute atomic E-state index is 12.7. The van der Waals surface area contributed by atoms with Gasteiger partial charge in [0, 0.05) is 0 Å². The van der Waals surface area contributed by atoms with E-state index in [1.54, 1.807) is 0 Å². The van der Waals surface area contributed by atoms with Gasteiger partial charge in [0.15, 0.2) is 0 Å². The number of hydrogen-bond acceptors (Lipinski definition) is 2. The molecule has 8 heteroatoms. The summed E-state index contributed by atoms with van der Waals surface area (Å²) in [7, 11) is 0.771. The number of carbonyl (C=O) groups is 1. The van der Waals surface area contributed by atoms with Gasteiger partial charge in [-0.1, -0.05) is 0 Å². The van der Waals surface area contributed by atoms with Crippen molar-refractivity contribution < 1.29 is 35.9 Å². The van der Waals surface area contributed by atoms with Crippen molar-refractivity contribution in [2.24, 2.45) is 0 Å². The van der Waals surface area contributed by atoms with Gasteiger partial charge in [0.25, 0.3) is 5.78 Å². The molecule has 0 amide bonds. The van der Waals surface area contributed by atoms with Gasteiger partial charge in [-0.15, -0.1) is 0 Å². The van der Waals surface area contributed by atoms with E-state index in [0.29, 0.717) is 12.1 Å².